The second-order valence-electron chi connectivity index (χ2n) is 5.87. The lowest BCUT2D eigenvalue weighted by atomic mass is 10.1. The Bertz CT molecular complexity index is 880. The largest absolute Gasteiger partial charge is 0.411 e. The molecule has 0 aliphatic rings. The molecule has 3 aromatic rings. The van der Waals surface area contributed by atoms with E-state index in [1.54, 1.807) is 4.90 Å². The van der Waals surface area contributed by atoms with Crippen molar-refractivity contribution in [3.05, 3.63) is 60.2 Å². The minimum absolute atomic E-state index is 0.0133. The maximum atomic E-state index is 12.8. The van der Waals surface area contributed by atoms with Crippen LogP contribution in [0.25, 0.3) is 11.5 Å². The number of hydrogen-bond acceptors (Lipinski definition) is 5. The number of para-hydroxylation sites is 1. The quantitative estimate of drug-likeness (QED) is 0.597. The van der Waals surface area contributed by atoms with Crippen LogP contribution in [0.5, 0.6) is 0 Å². The van der Waals surface area contributed by atoms with Gasteiger partial charge in [-0.3, -0.25) is 4.79 Å². The second-order valence-corrected chi connectivity index (χ2v) is 7.16. The van der Waals surface area contributed by atoms with Crippen molar-refractivity contribution in [1.82, 2.24) is 10.2 Å². The standard InChI is InChI=1S/C20H21N3O2S/c1-4-23(16-11-6-5-7-12-16)19(24)15(3)26-20-22-21-18(25-20)17-13-9-8-10-14(17)2/h5-13,15H,4H2,1-3H3/t15-/m1/s1. The molecule has 0 aliphatic heterocycles. The maximum Gasteiger partial charge on any atom is 0.277 e. The van der Waals surface area contributed by atoms with Crippen LogP contribution < -0.4 is 4.90 Å². The van der Waals surface area contributed by atoms with Crippen LogP contribution in [0.4, 0.5) is 5.69 Å². The number of nitrogens with zero attached hydrogens (tertiary/aromatic N) is 3. The van der Waals surface area contributed by atoms with E-state index in [-0.39, 0.29) is 11.2 Å². The normalized spacial score (nSPS) is 12.0. The first kappa shape index (κ1) is 18.2. The lowest BCUT2D eigenvalue weighted by Crippen LogP contribution is -2.36. The molecule has 0 saturated carbocycles. The van der Waals surface area contributed by atoms with E-state index in [1.807, 2.05) is 75.4 Å². The average Bonchev–Trinajstić information content (AvgIpc) is 3.11. The van der Waals surface area contributed by atoms with Gasteiger partial charge in [0.05, 0.1) is 5.25 Å². The van der Waals surface area contributed by atoms with Gasteiger partial charge >= 0.3 is 0 Å². The van der Waals surface area contributed by atoms with E-state index in [0.29, 0.717) is 17.7 Å². The summed E-state index contributed by atoms with van der Waals surface area (Å²) in [7, 11) is 0. The molecular weight excluding hydrogens is 346 g/mol. The Morgan fingerprint density at radius 2 is 1.81 bits per heavy atom. The number of aromatic nitrogens is 2. The van der Waals surface area contributed by atoms with Crippen molar-refractivity contribution in [2.75, 3.05) is 11.4 Å². The van der Waals surface area contributed by atoms with Gasteiger partial charge in [-0.05, 0) is 44.5 Å². The van der Waals surface area contributed by atoms with E-state index in [0.717, 1.165) is 16.8 Å². The van der Waals surface area contributed by atoms with Crippen LogP contribution in [0.15, 0.2) is 64.2 Å². The fraction of sp³-hybridized carbons (Fsp3) is 0.250. The van der Waals surface area contributed by atoms with Crippen molar-refractivity contribution >= 4 is 23.4 Å². The van der Waals surface area contributed by atoms with Crippen LogP contribution >= 0.6 is 11.8 Å². The molecule has 1 amide bonds. The van der Waals surface area contributed by atoms with Crippen molar-refractivity contribution in [3.8, 4) is 11.5 Å². The monoisotopic (exact) mass is 367 g/mol. The van der Waals surface area contributed by atoms with E-state index in [1.165, 1.54) is 11.8 Å². The van der Waals surface area contributed by atoms with E-state index < -0.39 is 0 Å². The number of carbonyl (C=O) groups is 1. The highest BCUT2D eigenvalue weighted by atomic mass is 32.2. The third kappa shape index (κ3) is 3.96. The summed E-state index contributed by atoms with van der Waals surface area (Å²) in [6.07, 6.45) is 0. The van der Waals surface area contributed by atoms with Gasteiger partial charge in [0, 0.05) is 17.8 Å². The fourth-order valence-electron chi connectivity index (χ4n) is 2.67. The highest BCUT2D eigenvalue weighted by Crippen LogP contribution is 2.29. The van der Waals surface area contributed by atoms with Gasteiger partial charge in [0.2, 0.25) is 11.8 Å². The molecule has 2 aromatic carbocycles. The van der Waals surface area contributed by atoms with Gasteiger partial charge in [-0.25, -0.2) is 0 Å². The molecular formula is C20H21N3O2S. The first-order valence-corrected chi connectivity index (χ1v) is 9.40. The van der Waals surface area contributed by atoms with E-state index in [2.05, 4.69) is 10.2 Å². The second kappa shape index (κ2) is 8.19. The van der Waals surface area contributed by atoms with Crippen LogP contribution in [0.3, 0.4) is 0 Å². The molecule has 0 saturated heterocycles. The van der Waals surface area contributed by atoms with Gasteiger partial charge in [-0.2, -0.15) is 0 Å². The Morgan fingerprint density at radius 3 is 2.50 bits per heavy atom. The third-order valence-electron chi connectivity index (χ3n) is 4.06. The van der Waals surface area contributed by atoms with Gasteiger partial charge in [0.25, 0.3) is 5.22 Å². The Labute approximate surface area is 157 Å². The predicted molar refractivity (Wildman–Crippen MR) is 104 cm³/mol. The van der Waals surface area contributed by atoms with Crippen LogP contribution in [-0.4, -0.2) is 27.9 Å². The van der Waals surface area contributed by atoms with Gasteiger partial charge in [-0.1, -0.05) is 48.2 Å². The highest BCUT2D eigenvalue weighted by Gasteiger charge is 2.24. The van der Waals surface area contributed by atoms with Crippen LogP contribution in [-0.2, 0) is 4.79 Å². The molecule has 1 heterocycles. The molecule has 0 fully saturated rings. The average molecular weight is 367 g/mol. The SMILES string of the molecule is CCN(C(=O)[C@@H](C)Sc1nnc(-c2ccccc2C)o1)c1ccccc1. The number of anilines is 1. The molecule has 26 heavy (non-hydrogen) atoms. The first-order chi connectivity index (χ1) is 12.6. The summed E-state index contributed by atoms with van der Waals surface area (Å²) in [5.74, 6) is 0.486. The molecule has 0 spiro atoms. The Balaban J connectivity index is 1.73. The minimum Gasteiger partial charge on any atom is -0.411 e. The zero-order valence-corrected chi connectivity index (χ0v) is 15.9. The third-order valence-corrected chi connectivity index (χ3v) is 4.98. The van der Waals surface area contributed by atoms with Crippen LogP contribution in [0.1, 0.15) is 19.4 Å². The highest BCUT2D eigenvalue weighted by molar-refractivity contribution is 8.00. The van der Waals surface area contributed by atoms with Crippen molar-refractivity contribution in [1.29, 1.82) is 0 Å². The van der Waals surface area contributed by atoms with Gasteiger partial charge in [0.15, 0.2) is 0 Å². The molecule has 0 unspecified atom stereocenters. The summed E-state index contributed by atoms with van der Waals surface area (Å²) in [6, 6.07) is 17.5. The summed E-state index contributed by atoms with van der Waals surface area (Å²) in [4.78, 5) is 14.6. The van der Waals surface area contributed by atoms with Crippen molar-refractivity contribution in [2.45, 2.75) is 31.2 Å². The summed E-state index contributed by atoms with van der Waals surface area (Å²) >= 11 is 1.28. The number of thioether (sulfide) groups is 1. The van der Waals surface area contributed by atoms with E-state index in [9.17, 15) is 4.79 Å². The van der Waals surface area contributed by atoms with Crippen molar-refractivity contribution in [2.24, 2.45) is 0 Å². The molecule has 3 rings (SSSR count). The van der Waals surface area contributed by atoms with Gasteiger partial charge < -0.3 is 9.32 Å². The maximum absolute atomic E-state index is 12.8. The molecule has 0 aliphatic carbocycles. The molecule has 6 heteroatoms. The number of aryl methyl sites for hydroxylation is 1. The molecule has 0 bridgehead atoms. The molecule has 5 nitrogen and oxygen atoms in total. The molecule has 0 radical (unpaired) electrons. The Hall–Kier alpha value is -2.60. The first-order valence-electron chi connectivity index (χ1n) is 8.52. The summed E-state index contributed by atoms with van der Waals surface area (Å²) in [6.45, 7) is 6.42. The molecule has 134 valence electrons. The van der Waals surface area contributed by atoms with E-state index in [4.69, 9.17) is 4.42 Å². The number of carbonyl (C=O) groups excluding carboxylic acids is 1. The smallest absolute Gasteiger partial charge is 0.277 e. The lowest BCUT2D eigenvalue weighted by Gasteiger charge is -2.23. The van der Waals surface area contributed by atoms with Gasteiger partial charge in [-0.15, -0.1) is 10.2 Å². The number of amides is 1. The zero-order valence-electron chi connectivity index (χ0n) is 15.0. The number of hydrogen-bond donors (Lipinski definition) is 0. The van der Waals surface area contributed by atoms with E-state index >= 15 is 0 Å². The number of benzene rings is 2. The Morgan fingerprint density at radius 1 is 1.12 bits per heavy atom. The summed E-state index contributed by atoms with van der Waals surface area (Å²) < 4.78 is 5.76. The van der Waals surface area contributed by atoms with Crippen LogP contribution in [0, 0.1) is 6.92 Å². The Kier molecular flexibility index (Phi) is 5.73. The predicted octanol–water partition coefficient (Wildman–Crippen LogP) is 4.58. The van der Waals surface area contributed by atoms with Crippen LogP contribution in [0.2, 0.25) is 0 Å². The van der Waals surface area contributed by atoms with Crippen molar-refractivity contribution < 1.29 is 9.21 Å². The zero-order chi connectivity index (χ0) is 18.5. The summed E-state index contributed by atoms with van der Waals surface area (Å²) in [5.41, 5.74) is 2.86. The lowest BCUT2D eigenvalue weighted by molar-refractivity contribution is -0.117. The molecule has 0 N–H and O–H groups in total. The fourth-order valence-corrected chi connectivity index (χ4v) is 3.42. The molecule has 1 atom stereocenters. The summed E-state index contributed by atoms with van der Waals surface area (Å²) in [5, 5.41) is 8.27. The molecule has 1 aromatic heterocycles. The van der Waals surface area contributed by atoms with Gasteiger partial charge in [0.1, 0.15) is 0 Å². The topological polar surface area (TPSA) is 59.2 Å². The minimum atomic E-state index is -0.333. The number of rotatable bonds is 6. The van der Waals surface area contributed by atoms with Crippen molar-refractivity contribution in [3.63, 3.8) is 0 Å².